The highest BCUT2D eigenvalue weighted by atomic mass is 32.2. The van der Waals surface area contributed by atoms with Crippen molar-refractivity contribution in [1.29, 1.82) is 0 Å². The molecule has 7 nitrogen and oxygen atoms in total. The Labute approximate surface area is 115 Å². The zero-order valence-corrected chi connectivity index (χ0v) is 12.8. The fourth-order valence-electron chi connectivity index (χ4n) is 1.35. The lowest BCUT2D eigenvalue weighted by molar-refractivity contribution is 0.0956. The predicted molar refractivity (Wildman–Crippen MR) is 72.5 cm³/mol. The van der Waals surface area contributed by atoms with Gasteiger partial charge in [0.05, 0.1) is 11.3 Å². The maximum atomic E-state index is 11.8. The van der Waals surface area contributed by atoms with Gasteiger partial charge in [0.2, 0.25) is 10.0 Å². The van der Waals surface area contributed by atoms with Crippen molar-refractivity contribution in [2.45, 2.75) is 11.1 Å². The van der Waals surface area contributed by atoms with Crippen LogP contribution in [-0.4, -0.2) is 41.3 Å². The average Bonchev–Trinajstić information content (AvgIpc) is 2.57. The minimum absolute atomic E-state index is 0.0301. The van der Waals surface area contributed by atoms with Crippen molar-refractivity contribution >= 4 is 37.1 Å². The number of sulfone groups is 1. The van der Waals surface area contributed by atoms with Crippen LogP contribution in [0.5, 0.6) is 0 Å². The number of carbonyl (C=O) groups excluding carboxylic acids is 1. The highest BCUT2D eigenvalue weighted by Gasteiger charge is 2.20. The Morgan fingerprint density at radius 2 is 1.95 bits per heavy atom. The van der Waals surface area contributed by atoms with E-state index in [-0.39, 0.29) is 27.6 Å². The van der Waals surface area contributed by atoms with E-state index in [0.717, 1.165) is 17.6 Å². The second kappa shape index (κ2) is 5.57. The van der Waals surface area contributed by atoms with Gasteiger partial charge in [-0.3, -0.25) is 4.79 Å². The van der Waals surface area contributed by atoms with Crippen molar-refractivity contribution < 1.29 is 21.6 Å². The minimum atomic E-state index is -3.85. The first-order chi connectivity index (χ1) is 8.52. The number of hydrogen-bond donors (Lipinski definition) is 2. The lowest BCUT2D eigenvalue weighted by Gasteiger charge is -2.04. The number of primary sulfonamides is 1. The molecule has 0 aliphatic rings. The second-order valence-electron chi connectivity index (χ2n) is 3.99. The maximum Gasteiger partial charge on any atom is 0.252 e. The summed E-state index contributed by atoms with van der Waals surface area (Å²) in [6.07, 6.45) is 1.06. The zero-order chi connectivity index (χ0) is 14.8. The quantitative estimate of drug-likeness (QED) is 0.753. The van der Waals surface area contributed by atoms with Crippen LogP contribution >= 0.6 is 11.3 Å². The maximum absolute atomic E-state index is 11.8. The van der Waals surface area contributed by atoms with Crippen molar-refractivity contribution in [3.63, 3.8) is 0 Å². The first kappa shape index (κ1) is 16.1. The molecule has 1 rings (SSSR count). The number of nitrogens with two attached hydrogens (primary N) is 1. The number of sulfonamides is 1. The molecule has 0 spiro atoms. The number of nitrogens with one attached hydrogen (secondary N) is 1. The van der Waals surface area contributed by atoms with Gasteiger partial charge in [-0.2, -0.15) is 0 Å². The van der Waals surface area contributed by atoms with Crippen LogP contribution in [0.2, 0.25) is 0 Å². The summed E-state index contributed by atoms with van der Waals surface area (Å²) in [4.78, 5) is 11.8. The molecule has 0 aliphatic heterocycles. The first-order valence-corrected chi connectivity index (χ1v) is 9.58. The van der Waals surface area contributed by atoms with E-state index in [2.05, 4.69) is 5.32 Å². The fourth-order valence-corrected chi connectivity index (χ4v) is 3.83. The standard InChI is InChI=1S/C9H14N2O5S3/c1-6-7(5-17-9(6)19(10,15)16)8(12)11-3-4-18(2,13)14/h5H,3-4H2,1-2H3,(H,11,12)(H2,10,15,16). The van der Waals surface area contributed by atoms with Crippen LogP contribution in [0.1, 0.15) is 15.9 Å². The Hall–Kier alpha value is -0.970. The highest BCUT2D eigenvalue weighted by Crippen LogP contribution is 2.25. The predicted octanol–water partition coefficient (Wildman–Crippen LogP) is -0.522. The van der Waals surface area contributed by atoms with Crippen LogP contribution in [-0.2, 0) is 19.9 Å². The van der Waals surface area contributed by atoms with Gasteiger partial charge in [-0.25, -0.2) is 22.0 Å². The monoisotopic (exact) mass is 326 g/mol. The number of rotatable bonds is 5. The van der Waals surface area contributed by atoms with Crippen molar-refractivity contribution in [3.8, 4) is 0 Å². The summed E-state index contributed by atoms with van der Waals surface area (Å²) in [6, 6.07) is 0. The van der Waals surface area contributed by atoms with E-state index >= 15 is 0 Å². The summed E-state index contributed by atoms with van der Waals surface area (Å²) < 4.78 is 44.2. The zero-order valence-electron chi connectivity index (χ0n) is 10.3. The van der Waals surface area contributed by atoms with Crippen LogP contribution in [0.25, 0.3) is 0 Å². The first-order valence-electron chi connectivity index (χ1n) is 5.09. The van der Waals surface area contributed by atoms with Crippen molar-refractivity contribution in [1.82, 2.24) is 5.32 Å². The van der Waals surface area contributed by atoms with E-state index < -0.39 is 25.8 Å². The Morgan fingerprint density at radius 3 is 2.37 bits per heavy atom. The van der Waals surface area contributed by atoms with E-state index in [1.807, 2.05) is 0 Å². The van der Waals surface area contributed by atoms with Crippen LogP contribution in [0.3, 0.4) is 0 Å². The molecular weight excluding hydrogens is 312 g/mol. The third kappa shape index (κ3) is 4.56. The molecule has 0 atom stereocenters. The second-order valence-corrected chi connectivity index (χ2v) is 8.89. The molecule has 3 N–H and O–H groups in total. The molecule has 0 radical (unpaired) electrons. The molecule has 1 amide bonds. The van der Waals surface area contributed by atoms with E-state index in [1.54, 1.807) is 0 Å². The third-order valence-corrected chi connectivity index (χ3v) is 5.88. The third-order valence-electron chi connectivity index (χ3n) is 2.26. The van der Waals surface area contributed by atoms with Crippen LogP contribution in [0.15, 0.2) is 9.59 Å². The summed E-state index contributed by atoms with van der Waals surface area (Å²) in [5.41, 5.74) is 0.451. The van der Waals surface area contributed by atoms with Crippen LogP contribution in [0.4, 0.5) is 0 Å². The Kier molecular flexibility index (Phi) is 4.72. The molecule has 0 saturated heterocycles. The molecule has 0 aromatic carbocycles. The topological polar surface area (TPSA) is 123 Å². The largest absolute Gasteiger partial charge is 0.351 e. The highest BCUT2D eigenvalue weighted by molar-refractivity contribution is 7.91. The van der Waals surface area contributed by atoms with Crippen molar-refractivity contribution in [2.75, 3.05) is 18.6 Å². The fraction of sp³-hybridized carbons (Fsp3) is 0.444. The van der Waals surface area contributed by atoms with Gasteiger partial charge >= 0.3 is 0 Å². The Bertz CT molecular complexity index is 687. The molecule has 0 unspecified atom stereocenters. The number of thiophene rings is 1. The van der Waals surface area contributed by atoms with E-state index in [9.17, 15) is 21.6 Å². The van der Waals surface area contributed by atoms with Gasteiger partial charge in [0.15, 0.2) is 0 Å². The van der Waals surface area contributed by atoms with Crippen molar-refractivity contribution in [2.24, 2.45) is 5.14 Å². The summed E-state index contributed by atoms with van der Waals surface area (Å²) in [7, 11) is -7.01. The molecule has 0 fully saturated rings. The lowest BCUT2D eigenvalue weighted by Crippen LogP contribution is -2.29. The van der Waals surface area contributed by atoms with Gasteiger partial charge in [0.1, 0.15) is 14.0 Å². The van der Waals surface area contributed by atoms with Crippen LogP contribution in [0, 0.1) is 6.92 Å². The van der Waals surface area contributed by atoms with E-state index in [4.69, 9.17) is 5.14 Å². The van der Waals surface area contributed by atoms with Crippen molar-refractivity contribution in [3.05, 3.63) is 16.5 Å². The molecule has 0 bridgehead atoms. The summed E-state index contributed by atoms with van der Waals surface area (Å²) in [5.74, 6) is -0.698. The SMILES string of the molecule is Cc1c(C(=O)NCCS(C)(=O)=O)csc1S(N)(=O)=O. The lowest BCUT2D eigenvalue weighted by atomic mass is 10.2. The molecule has 1 aromatic rings. The molecular formula is C9H14N2O5S3. The van der Waals surface area contributed by atoms with Gasteiger partial charge < -0.3 is 5.32 Å². The Morgan fingerprint density at radius 1 is 1.37 bits per heavy atom. The number of hydrogen-bond acceptors (Lipinski definition) is 6. The number of carbonyl (C=O) groups is 1. The normalized spacial score (nSPS) is 12.4. The molecule has 0 saturated carbocycles. The van der Waals surface area contributed by atoms with Gasteiger partial charge in [-0.15, -0.1) is 11.3 Å². The van der Waals surface area contributed by atoms with E-state index in [1.165, 1.54) is 12.3 Å². The summed E-state index contributed by atoms with van der Waals surface area (Å²) in [6.45, 7) is 1.44. The summed E-state index contributed by atoms with van der Waals surface area (Å²) >= 11 is 0.858. The van der Waals surface area contributed by atoms with Gasteiger partial charge in [0.25, 0.3) is 5.91 Å². The smallest absolute Gasteiger partial charge is 0.252 e. The van der Waals surface area contributed by atoms with Gasteiger partial charge in [0, 0.05) is 18.2 Å². The molecule has 19 heavy (non-hydrogen) atoms. The van der Waals surface area contributed by atoms with E-state index in [0.29, 0.717) is 0 Å². The average molecular weight is 326 g/mol. The van der Waals surface area contributed by atoms with Crippen LogP contribution < -0.4 is 10.5 Å². The number of amides is 1. The van der Waals surface area contributed by atoms with Gasteiger partial charge in [-0.05, 0) is 12.5 Å². The summed E-state index contributed by atoms with van der Waals surface area (Å²) in [5, 5.41) is 8.79. The molecule has 10 heteroatoms. The molecule has 1 heterocycles. The minimum Gasteiger partial charge on any atom is -0.351 e. The molecule has 1 aromatic heterocycles. The Balaban J connectivity index is 2.83. The van der Waals surface area contributed by atoms with Gasteiger partial charge in [-0.1, -0.05) is 0 Å². The molecule has 0 aliphatic carbocycles. The molecule has 108 valence electrons.